The minimum atomic E-state index is -0.976. The van der Waals surface area contributed by atoms with Crippen LogP contribution in [0, 0.1) is 0 Å². The first-order valence-electron chi connectivity index (χ1n) is 11.9. The molecule has 4 aromatic rings. The third kappa shape index (κ3) is 4.91. The molecular formula is C27H28N4O4. The van der Waals surface area contributed by atoms with Crippen LogP contribution in [0.5, 0.6) is 0 Å². The molecule has 0 atom stereocenters. The molecule has 0 aliphatic rings. The predicted molar refractivity (Wildman–Crippen MR) is 134 cm³/mol. The number of carboxylic acids is 1. The predicted octanol–water partition coefficient (Wildman–Crippen LogP) is 4.86. The van der Waals surface area contributed by atoms with Crippen LogP contribution in [0.4, 0.5) is 0 Å². The highest BCUT2D eigenvalue weighted by Crippen LogP contribution is 2.25. The zero-order chi connectivity index (χ0) is 24.9. The maximum absolute atomic E-state index is 12.8. The number of aromatic amines is 1. The fraction of sp³-hybridized carbons (Fsp3) is 0.296. The van der Waals surface area contributed by atoms with Gasteiger partial charge in [0.25, 0.3) is 5.56 Å². The molecule has 8 heteroatoms. The fourth-order valence-corrected chi connectivity index (χ4v) is 4.24. The molecule has 8 nitrogen and oxygen atoms in total. The molecule has 4 rings (SSSR count). The Hall–Kier alpha value is -4.07. The van der Waals surface area contributed by atoms with E-state index in [1.165, 1.54) is 0 Å². The van der Waals surface area contributed by atoms with E-state index in [-0.39, 0.29) is 22.6 Å². The first-order chi connectivity index (χ1) is 16.9. The Kier molecular flexibility index (Phi) is 7.19. The number of ketones is 1. The van der Waals surface area contributed by atoms with Gasteiger partial charge >= 0.3 is 5.97 Å². The van der Waals surface area contributed by atoms with Crippen molar-refractivity contribution in [1.29, 1.82) is 0 Å². The maximum Gasteiger partial charge on any atom is 0.336 e. The van der Waals surface area contributed by atoms with Gasteiger partial charge < -0.3 is 9.67 Å². The van der Waals surface area contributed by atoms with Gasteiger partial charge in [-0.1, -0.05) is 62.7 Å². The highest BCUT2D eigenvalue weighted by molar-refractivity contribution is 6.04. The molecule has 180 valence electrons. The van der Waals surface area contributed by atoms with Crippen molar-refractivity contribution in [2.24, 2.45) is 0 Å². The number of carboxylic acid groups (broad SMARTS) is 1. The lowest BCUT2D eigenvalue weighted by atomic mass is 9.99. The summed E-state index contributed by atoms with van der Waals surface area (Å²) in [5, 5.41) is 16.0. The molecular weight excluding hydrogens is 444 g/mol. The lowest BCUT2D eigenvalue weighted by Crippen LogP contribution is -2.17. The Morgan fingerprint density at radius 1 is 1.03 bits per heavy atom. The molecule has 2 N–H and O–H groups in total. The summed E-state index contributed by atoms with van der Waals surface area (Å²) in [6.45, 7) is 4.40. The largest absolute Gasteiger partial charge is 0.478 e. The van der Waals surface area contributed by atoms with Crippen molar-refractivity contribution in [2.45, 2.75) is 52.5 Å². The van der Waals surface area contributed by atoms with Crippen molar-refractivity contribution in [3.05, 3.63) is 81.5 Å². The number of aromatic nitrogens is 4. The summed E-state index contributed by atoms with van der Waals surface area (Å²) in [5.41, 5.74) is 3.14. The number of nitrogens with one attached hydrogen (secondary N) is 1. The van der Waals surface area contributed by atoms with Gasteiger partial charge in [-0.15, -0.1) is 0 Å². The summed E-state index contributed by atoms with van der Waals surface area (Å²) in [6.07, 6.45) is 3.57. The Morgan fingerprint density at radius 2 is 1.77 bits per heavy atom. The number of Topliss-reactive ketones (excluding diaryl/α,β-unsaturated/α-hetero) is 1. The molecule has 0 saturated heterocycles. The molecule has 2 heterocycles. The van der Waals surface area contributed by atoms with E-state index in [0.717, 1.165) is 29.8 Å². The van der Waals surface area contributed by atoms with E-state index in [2.05, 4.69) is 17.1 Å². The number of fused-ring (bicyclic) bond motifs is 1. The molecule has 2 aromatic carbocycles. The summed E-state index contributed by atoms with van der Waals surface area (Å²) in [6, 6.07) is 14.5. The van der Waals surface area contributed by atoms with Crippen molar-refractivity contribution in [3.8, 4) is 11.1 Å². The molecule has 0 amide bonds. The third-order valence-electron chi connectivity index (χ3n) is 6.01. The molecule has 2 aromatic heterocycles. The van der Waals surface area contributed by atoms with E-state index in [9.17, 15) is 19.5 Å². The van der Waals surface area contributed by atoms with Gasteiger partial charge in [0.15, 0.2) is 11.5 Å². The zero-order valence-electron chi connectivity index (χ0n) is 19.9. The van der Waals surface area contributed by atoms with Gasteiger partial charge in [-0.25, -0.2) is 14.9 Å². The minimum absolute atomic E-state index is 0.137. The van der Waals surface area contributed by atoms with Crippen LogP contribution in [0.15, 0.2) is 53.3 Å². The van der Waals surface area contributed by atoms with Gasteiger partial charge in [0.2, 0.25) is 0 Å². The maximum atomic E-state index is 12.8. The Bertz CT molecular complexity index is 1430. The highest BCUT2D eigenvalue weighted by atomic mass is 16.4. The van der Waals surface area contributed by atoms with Gasteiger partial charge in [0, 0.05) is 19.4 Å². The normalized spacial score (nSPS) is 11.1. The van der Waals surface area contributed by atoms with Crippen molar-refractivity contribution in [2.75, 3.05) is 0 Å². The number of aromatic carboxylic acids is 1. The van der Waals surface area contributed by atoms with Gasteiger partial charge in [0.05, 0.1) is 5.56 Å². The molecule has 0 unspecified atom stereocenters. The number of carbonyl (C=O) groups excluding carboxylic acids is 1. The number of nitrogens with zero attached hydrogens (tertiary/aromatic N) is 3. The van der Waals surface area contributed by atoms with E-state index in [1.54, 1.807) is 18.2 Å². The minimum Gasteiger partial charge on any atom is -0.478 e. The van der Waals surface area contributed by atoms with Crippen LogP contribution in [0.1, 0.15) is 71.8 Å². The average Bonchev–Trinajstić information content (AvgIpc) is 3.22. The second-order valence-corrected chi connectivity index (χ2v) is 8.54. The van der Waals surface area contributed by atoms with E-state index in [4.69, 9.17) is 4.98 Å². The lowest BCUT2D eigenvalue weighted by molar-refractivity contribution is 0.0697. The number of carbonyl (C=O) groups is 2. The standard InChI is InChI=1S/C27H28N4O4/c1-3-5-11-22-28-24-23(21(32)8-4-2)29-30-26(33)25(24)31(22)16-17-12-14-18(15-13-17)19-9-6-7-10-20(19)27(34)35/h6-7,9-10,12-15H,3-5,8,11,16H2,1-2H3,(H,30,33)(H,34,35). The molecule has 0 bridgehead atoms. The average molecular weight is 473 g/mol. The highest BCUT2D eigenvalue weighted by Gasteiger charge is 2.21. The topological polar surface area (TPSA) is 118 Å². The third-order valence-corrected chi connectivity index (χ3v) is 6.01. The summed E-state index contributed by atoms with van der Waals surface area (Å²) in [4.78, 5) is 41.7. The van der Waals surface area contributed by atoms with Crippen LogP contribution in [0.3, 0.4) is 0 Å². The summed E-state index contributed by atoms with van der Waals surface area (Å²) >= 11 is 0. The molecule has 0 aliphatic heterocycles. The number of aryl methyl sites for hydroxylation is 1. The first-order valence-corrected chi connectivity index (χ1v) is 11.9. The summed E-state index contributed by atoms with van der Waals surface area (Å²) in [5.74, 6) is -0.371. The number of rotatable bonds is 10. The second-order valence-electron chi connectivity index (χ2n) is 8.54. The van der Waals surface area contributed by atoms with Gasteiger partial charge in [-0.05, 0) is 35.6 Å². The molecule has 0 aliphatic carbocycles. The van der Waals surface area contributed by atoms with Crippen LogP contribution < -0.4 is 5.56 Å². The van der Waals surface area contributed by atoms with Crippen LogP contribution in [-0.2, 0) is 13.0 Å². The molecule has 0 saturated carbocycles. The van der Waals surface area contributed by atoms with Crippen LogP contribution in [0.2, 0.25) is 0 Å². The number of hydrogen-bond donors (Lipinski definition) is 2. The van der Waals surface area contributed by atoms with E-state index < -0.39 is 5.97 Å². The van der Waals surface area contributed by atoms with Crippen LogP contribution in [0.25, 0.3) is 22.2 Å². The second kappa shape index (κ2) is 10.5. The lowest BCUT2D eigenvalue weighted by Gasteiger charge is -2.11. The SMILES string of the molecule is CCCCc1nc2c(C(=O)CCC)n[nH]c(=O)c2n1Cc1ccc(-c2ccccc2C(=O)O)cc1. The summed E-state index contributed by atoms with van der Waals surface area (Å²) in [7, 11) is 0. The van der Waals surface area contributed by atoms with Crippen LogP contribution >= 0.6 is 0 Å². The Balaban J connectivity index is 1.76. The smallest absolute Gasteiger partial charge is 0.336 e. The van der Waals surface area contributed by atoms with Crippen molar-refractivity contribution in [1.82, 2.24) is 19.7 Å². The first kappa shape index (κ1) is 24.1. The Labute approximate surface area is 202 Å². The van der Waals surface area contributed by atoms with Gasteiger partial charge in [-0.2, -0.15) is 5.10 Å². The fourth-order valence-electron chi connectivity index (χ4n) is 4.24. The number of unbranched alkanes of at least 4 members (excludes halogenated alkanes) is 1. The molecule has 0 fully saturated rings. The number of hydrogen-bond acceptors (Lipinski definition) is 5. The number of H-pyrrole nitrogens is 1. The van der Waals surface area contributed by atoms with Gasteiger partial charge in [0.1, 0.15) is 16.9 Å². The molecule has 0 radical (unpaired) electrons. The van der Waals surface area contributed by atoms with Gasteiger partial charge in [-0.3, -0.25) is 9.59 Å². The van der Waals surface area contributed by atoms with E-state index in [0.29, 0.717) is 42.4 Å². The van der Waals surface area contributed by atoms with Crippen LogP contribution in [-0.4, -0.2) is 36.6 Å². The number of benzene rings is 2. The monoisotopic (exact) mass is 472 g/mol. The molecule has 0 spiro atoms. The van der Waals surface area contributed by atoms with Crippen molar-refractivity contribution >= 4 is 22.8 Å². The Morgan fingerprint density at radius 3 is 2.46 bits per heavy atom. The van der Waals surface area contributed by atoms with E-state index >= 15 is 0 Å². The molecule has 35 heavy (non-hydrogen) atoms. The zero-order valence-corrected chi connectivity index (χ0v) is 19.9. The van der Waals surface area contributed by atoms with Crippen molar-refractivity contribution in [3.63, 3.8) is 0 Å². The van der Waals surface area contributed by atoms with E-state index in [1.807, 2.05) is 41.8 Å². The van der Waals surface area contributed by atoms with Crippen molar-refractivity contribution < 1.29 is 14.7 Å². The number of imidazole rings is 1. The summed E-state index contributed by atoms with van der Waals surface area (Å²) < 4.78 is 1.87. The quantitative estimate of drug-likeness (QED) is 0.318.